The number of ether oxygens (including phenoxy) is 1. The first-order chi connectivity index (χ1) is 16.9. The predicted molar refractivity (Wildman–Crippen MR) is 153 cm³/mol. The largest absolute Gasteiger partial charge is 0.498 e. The van der Waals surface area contributed by atoms with Gasteiger partial charge in [-0.3, -0.25) is 0 Å². The molecule has 6 nitrogen and oxygen atoms in total. The normalized spacial score (nSPS) is 11.3. The van der Waals surface area contributed by atoms with E-state index in [4.69, 9.17) is 9.15 Å². The van der Waals surface area contributed by atoms with Crippen molar-refractivity contribution < 1.29 is 9.15 Å². The number of hydrogen-bond acceptors (Lipinski definition) is 7. The molecule has 0 aliphatic carbocycles. The van der Waals surface area contributed by atoms with E-state index in [0.29, 0.717) is 30.1 Å². The molecule has 1 aromatic heterocycles. The summed E-state index contributed by atoms with van der Waals surface area (Å²) in [6.07, 6.45) is 2.72. The molecule has 1 unspecified atom stereocenters. The van der Waals surface area contributed by atoms with Crippen LogP contribution in [0.5, 0.6) is 0 Å². The molecule has 7 heteroatoms. The van der Waals surface area contributed by atoms with Crippen LogP contribution in [-0.4, -0.2) is 66.6 Å². The summed E-state index contributed by atoms with van der Waals surface area (Å²) in [7, 11) is 6.33. The van der Waals surface area contributed by atoms with Gasteiger partial charge in [-0.2, -0.15) is 0 Å². The van der Waals surface area contributed by atoms with Crippen LogP contribution in [0.15, 0.2) is 53.7 Å². The first-order valence-electron chi connectivity index (χ1n) is 12.6. The zero-order chi connectivity index (χ0) is 26.6. The van der Waals surface area contributed by atoms with Crippen LogP contribution >= 0.6 is 11.8 Å². The molecule has 0 radical (unpaired) electrons. The van der Waals surface area contributed by atoms with E-state index in [9.17, 15) is 0 Å². The first kappa shape index (κ1) is 32.9. The highest BCUT2D eigenvalue weighted by Crippen LogP contribution is 2.21. The van der Waals surface area contributed by atoms with Crippen molar-refractivity contribution in [1.29, 1.82) is 0 Å². The number of allylic oxidation sites excluding steroid dienone is 2. The third kappa shape index (κ3) is 14.8. The fourth-order valence-electron chi connectivity index (χ4n) is 2.85. The molecular formula is C28H48N4O2S. The molecule has 1 atom stereocenters. The molecule has 0 saturated carbocycles. The van der Waals surface area contributed by atoms with Gasteiger partial charge in [-0.05, 0) is 44.8 Å². The van der Waals surface area contributed by atoms with Gasteiger partial charge in [0.2, 0.25) is 11.8 Å². The standard InChI is InChI=1S/C24H36N4O2S.2C2H6/c1-7-19(2)16-20(3)29-14-15-31-18-23-25-26-24(30-23)22-10-8-21(9-11-22)17-28(6)13-12-27(4)5;2*1-2/h7-11,19H,1,3,12-18H2,2,4-6H3;2*1-2H3. The van der Waals surface area contributed by atoms with Crippen molar-refractivity contribution in [2.45, 2.75) is 53.3 Å². The Hall–Kier alpha value is -2.09. The topological polar surface area (TPSA) is 54.6 Å². The Labute approximate surface area is 218 Å². The number of thioether (sulfide) groups is 1. The number of benzene rings is 1. The Morgan fingerprint density at radius 2 is 1.74 bits per heavy atom. The van der Waals surface area contributed by atoms with E-state index in [-0.39, 0.29) is 0 Å². The number of nitrogens with zero attached hydrogens (tertiary/aromatic N) is 4. The number of likely N-dealkylation sites (N-methyl/N-ethyl adjacent to an activating group) is 2. The fraction of sp³-hybridized carbons (Fsp3) is 0.571. The summed E-state index contributed by atoms with van der Waals surface area (Å²) in [5.41, 5.74) is 2.21. The van der Waals surface area contributed by atoms with Crippen molar-refractivity contribution in [3.8, 4) is 11.5 Å². The Bertz CT molecular complexity index is 806. The molecule has 0 saturated heterocycles. The second kappa shape index (κ2) is 20.1. The lowest BCUT2D eigenvalue weighted by Gasteiger charge is -2.19. The zero-order valence-electron chi connectivity index (χ0n) is 23.3. The highest BCUT2D eigenvalue weighted by Gasteiger charge is 2.10. The van der Waals surface area contributed by atoms with Crippen molar-refractivity contribution in [3.63, 3.8) is 0 Å². The molecule has 0 N–H and O–H groups in total. The van der Waals surface area contributed by atoms with E-state index < -0.39 is 0 Å². The second-order valence-electron chi connectivity index (χ2n) is 8.10. The number of aromatic nitrogens is 2. The van der Waals surface area contributed by atoms with Gasteiger partial charge in [0.25, 0.3) is 0 Å². The SMILES string of the molecule is C=CC(C)CC(=C)OCCSCc1nnc(-c2ccc(CN(C)CCN(C)C)cc2)o1.CC.CC. The van der Waals surface area contributed by atoms with Crippen LogP contribution in [0.4, 0.5) is 0 Å². The van der Waals surface area contributed by atoms with E-state index >= 15 is 0 Å². The van der Waals surface area contributed by atoms with E-state index in [1.165, 1.54) is 5.56 Å². The molecule has 0 aliphatic heterocycles. The van der Waals surface area contributed by atoms with Crippen molar-refractivity contribution in [1.82, 2.24) is 20.0 Å². The average Bonchev–Trinajstić information content (AvgIpc) is 3.34. The molecule has 1 aromatic carbocycles. The molecule has 2 aromatic rings. The van der Waals surface area contributed by atoms with Crippen molar-refractivity contribution in [3.05, 3.63) is 60.7 Å². The van der Waals surface area contributed by atoms with Gasteiger partial charge in [0.05, 0.1) is 18.1 Å². The lowest BCUT2D eigenvalue weighted by molar-refractivity contribution is 0.217. The van der Waals surface area contributed by atoms with Crippen molar-refractivity contribution in [2.24, 2.45) is 5.92 Å². The van der Waals surface area contributed by atoms with Crippen LogP contribution in [0.25, 0.3) is 11.5 Å². The van der Waals surface area contributed by atoms with Gasteiger partial charge >= 0.3 is 0 Å². The van der Waals surface area contributed by atoms with Gasteiger partial charge in [0.1, 0.15) is 0 Å². The molecule has 1 heterocycles. The van der Waals surface area contributed by atoms with Crippen LogP contribution in [0.3, 0.4) is 0 Å². The minimum atomic E-state index is 0.384. The van der Waals surface area contributed by atoms with Gasteiger partial charge in [-0.15, -0.1) is 28.5 Å². The highest BCUT2D eigenvalue weighted by atomic mass is 32.2. The predicted octanol–water partition coefficient (Wildman–Crippen LogP) is 6.76. The van der Waals surface area contributed by atoms with E-state index in [1.807, 2.05) is 45.9 Å². The molecular weight excluding hydrogens is 456 g/mol. The molecule has 0 fully saturated rings. The van der Waals surface area contributed by atoms with Gasteiger partial charge in [-0.1, -0.05) is 59.4 Å². The Morgan fingerprint density at radius 3 is 2.34 bits per heavy atom. The van der Waals surface area contributed by atoms with Gasteiger partial charge < -0.3 is 19.0 Å². The maximum atomic E-state index is 5.82. The highest BCUT2D eigenvalue weighted by molar-refractivity contribution is 7.98. The molecule has 2 rings (SSSR count). The quantitative estimate of drug-likeness (QED) is 0.151. The van der Waals surface area contributed by atoms with Crippen LogP contribution in [0.2, 0.25) is 0 Å². The Kier molecular flexibility index (Phi) is 18.9. The van der Waals surface area contributed by atoms with Crippen LogP contribution in [-0.2, 0) is 17.0 Å². The van der Waals surface area contributed by atoms with Gasteiger partial charge in [-0.25, -0.2) is 0 Å². The molecule has 198 valence electrons. The molecule has 0 aliphatic rings. The van der Waals surface area contributed by atoms with E-state index in [2.05, 4.69) is 73.4 Å². The summed E-state index contributed by atoms with van der Waals surface area (Å²) < 4.78 is 11.5. The Morgan fingerprint density at radius 1 is 1.09 bits per heavy atom. The second-order valence-corrected chi connectivity index (χ2v) is 9.20. The van der Waals surface area contributed by atoms with E-state index in [0.717, 1.165) is 43.1 Å². The van der Waals surface area contributed by atoms with Crippen LogP contribution < -0.4 is 0 Å². The fourth-order valence-corrected chi connectivity index (χ4v) is 3.49. The smallest absolute Gasteiger partial charge is 0.247 e. The first-order valence-corrected chi connectivity index (χ1v) is 13.8. The van der Waals surface area contributed by atoms with Crippen molar-refractivity contribution >= 4 is 11.8 Å². The van der Waals surface area contributed by atoms with Crippen molar-refractivity contribution in [2.75, 3.05) is 46.6 Å². The molecule has 0 bridgehead atoms. The molecule has 0 amide bonds. The summed E-state index contributed by atoms with van der Waals surface area (Å²) >= 11 is 1.71. The van der Waals surface area contributed by atoms with Gasteiger partial charge in [0, 0.05) is 37.4 Å². The summed E-state index contributed by atoms with van der Waals surface area (Å²) in [6.45, 7) is 21.5. The third-order valence-electron chi connectivity index (χ3n) is 4.76. The lowest BCUT2D eigenvalue weighted by atomic mass is 10.1. The molecule has 35 heavy (non-hydrogen) atoms. The number of hydrogen-bond donors (Lipinski definition) is 0. The third-order valence-corrected chi connectivity index (χ3v) is 5.67. The molecule has 0 spiro atoms. The minimum Gasteiger partial charge on any atom is -0.498 e. The summed E-state index contributed by atoms with van der Waals surface area (Å²) in [5, 5.41) is 8.36. The summed E-state index contributed by atoms with van der Waals surface area (Å²) in [4.78, 5) is 4.51. The summed E-state index contributed by atoms with van der Waals surface area (Å²) in [5.74, 6) is 3.89. The van der Waals surface area contributed by atoms with Crippen LogP contribution in [0.1, 0.15) is 52.5 Å². The summed E-state index contributed by atoms with van der Waals surface area (Å²) in [6, 6.07) is 8.33. The zero-order valence-corrected chi connectivity index (χ0v) is 24.2. The maximum Gasteiger partial charge on any atom is 0.247 e. The van der Waals surface area contributed by atoms with Gasteiger partial charge in [0.15, 0.2) is 0 Å². The lowest BCUT2D eigenvalue weighted by Crippen LogP contribution is -2.28. The van der Waals surface area contributed by atoms with E-state index in [1.54, 1.807) is 11.8 Å². The maximum absolute atomic E-state index is 5.82. The Balaban J connectivity index is 0.00000274. The van der Waals surface area contributed by atoms with Crippen LogP contribution in [0, 0.1) is 5.92 Å². The minimum absolute atomic E-state index is 0.384. The number of rotatable bonds is 15. The average molecular weight is 505 g/mol. The monoisotopic (exact) mass is 504 g/mol.